The number of ether oxygens (including phenoxy) is 4. The molecule has 12 heteroatoms. The molecular weight excluding hydrogens is 610 g/mol. The van der Waals surface area contributed by atoms with Gasteiger partial charge in [-0.2, -0.15) is 0 Å². The van der Waals surface area contributed by atoms with Crippen molar-refractivity contribution in [1.82, 2.24) is 10.2 Å². The molecule has 0 bridgehead atoms. The van der Waals surface area contributed by atoms with Crippen LogP contribution in [-0.2, 0) is 26.2 Å². The summed E-state index contributed by atoms with van der Waals surface area (Å²) in [4.78, 5) is 29.2. The molecule has 3 aromatic carbocycles. The normalized spacial score (nSPS) is 14.1. The molecule has 1 atom stereocenters. The maximum absolute atomic E-state index is 14.4. The number of carbonyl (C=O) groups is 2. The fourth-order valence-corrected chi connectivity index (χ4v) is 6.97. The minimum absolute atomic E-state index is 0.0420. The van der Waals surface area contributed by atoms with Crippen molar-refractivity contribution in [3.05, 3.63) is 72.3 Å². The van der Waals surface area contributed by atoms with E-state index in [2.05, 4.69) is 5.32 Å². The average molecular weight is 654 g/mol. The molecule has 0 radical (unpaired) electrons. The predicted octanol–water partition coefficient (Wildman–Crippen LogP) is 4.78. The second kappa shape index (κ2) is 15.7. The second-order valence-electron chi connectivity index (χ2n) is 11.1. The van der Waals surface area contributed by atoms with Crippen molar-refractivity contribution in [2.24, 2.45) is 0 Å². The summed E-state index contributed by atoms with van der Waals surface area (Å²) in [5, 5.41) is 3.11. The van der Waals surface area contributed by atoms with Crippen molar-refractivity contribution < 1.29 is 37.0 Å². The molecule has 0 aromatic heterocycles. The zero-order chi connectivity index (χ0) is 33.3. The molecule has 1 saturated carbocycles. The lowest BCUT2D eigenvalue weighted by molar-refractivity contribution is -0.139. The number of amides is 2. The van der Waals surface area contributed by atoms with Gasteiger partial charge in [0.25, 0.3) is 10.0 Å². The van der Waals surface area contributed by atoms with E-state index in [1.165, 1.54) is 57.6 Å². The highest BCUT2D eigenvalue weighted by molar-refractivity contribution is 7.92. The largest absolute Gasteiger partial charge is 0.497 e. The summed E-state index contributed by atoms with van der Waals surface area (Å²) in [6, 6.07) is 17.3. The number of rotatable bonds is 14. The Hall–Kier alpha value is -4.45. The van der Waals surface area contributed by atoms with Crippen LogP contribution in [0.1, 0.15) is 44.6 Å². The van der Waals surface area contributed by atoms with E-state index in [1.54, 1.807) is 19.1 Å². The Morgan fingerprint density at radius 3 is 2.11 bits per heavy atom. The van der Waals surface area contributed by atoms with Gasteiger partial charge in [0.15, 0.2) is 11.5 Å². The van der Waals surface area contributed by atoms with Gasteiger partial charge in [-0.05, 0) is 49.6 Å². The number of hydrogen-bond donors (Lipinski definition) is 1. The molecule has 0 unspecified atom stereocenters. The van der Waals surface area contributed by atoms with Gasteiger partial charge in [-0.15, -0.1) is 0 Å². The van der Waals surface area contributed by atoms with Crippen molar-refractivity contribution in [3.8, 4) is 23.0 Å². The predicted molar refractivity (Wildman–Crippen MR) is 175 cm³/mol. The summed E-state index contributed by atoms with van der Waals surface area (Å²) in [5.74, 6) is 0.238. The molecule has 1 N–H and O–H groups in total. The number of hydrogen-bond acceptors (Lipinski definition) is 8. The van der Waals surface area contributed by atoms with E-state index >= 15 is 0 Å². The lowest BCUT2D eigenvalue weighted by Gasteiger charge is -2.33. The molecule has 11 nitrogen and oxygen atoms in total. The number of nitrogens with one attached hydrogen (secondary N) is 1. The van der Waals surface area contributed by atoms with E-state index in [0.29, 0.717) is 11.5 Å². The van der Waals surface area contributed by atoms with Crippen LogP contribution in [0, 0.1) is 0 Å². The van der Waals surface area contributed by atoms with Gasteiger partial charge in [0.2, 0.25) is 11.8 Å². The SMILES string of the molecule is COc1ccc(OC)c(N(CC(=O)N(Cc2ccccc2)[C@@H](C)C(=O)NC2CCCCC2)S(=O)(=O)c2ccc(OC)c(OC)c2)c1. The quantitative estimate of drug-likeness (QED) is 0.264. The van der Waals surface area contributed by atoms with E-state index in [0.717, 1.165) is 42.0 Å². The third kappa shape index (κ3) is 8.03. The molecule has 46 heavy (non-hydrogen) atoms. The molecule has 3 aromatic rings. The molecule has 248 valence electrons. The van der Waals surface area contributed by atoms with Crippen molar-refractivity contribution in [3.63, 3.8) is 0 Å². The Bertz CT molecular complexity index is 1590. The summed E-state index contributed by atoms with van der Waals surface area (Å²) in [6.07, 6.45) is 4.99. The van der Waals surface area contributed by atoms with Gasteiger partial charge < -0.3 is 29.2 Å². The number of benzene rings is 3. The average Bonchev–Trinajstić information content (AvgIpc) is 3.09. The van der Waals surface area contributed by atoms with E-state index in [1.807, 2.05) is 30.3 Å². The van der Waals surface area contributed by atoms with Crippen LogP contribution in [0.15, 0.2) is 71.6 Å². The van der Waals surface area contributed by atoms with Crippen LogP contribution >= 0.6 is 0 Å². The van der Waals surface area contributed by atoms with E-state index < -0.39 is 28.5 Å². The van der Waals surface area contributed by atoms with Crippen LogP contribution in [0.4, 0.5) is 5.69 Å². The van der Waals surface area contributed by atoms with Crippen LogP contribution in [0.3, 0.4) is 0 Å². The van der Waals surface area contributed by atoms with E-state index in [9.17, 15) is 18.0 Å². The fraction of sp³-hybridized carbons (Fsp3) is 0.412. The third-order valence-electron chi connectivity index (χ3n) is 8.19. The van der Waals surface area contributed by atoms with E-state index in [-0.39, 0.29) is 40.6 Å². The van der Waals surface area contributed by atoms with Crippen molar-refractivity contribution >= 4 is 27.5 Å². The van der Waals surface area contributed by atoms with Gasteiger partial charge in [0, 0.05) is 24.7 Å². The first-order chi connectivity index (χ1) is 22.1. The molecule has 0 spiro atoms. The molecule has 1 aliphatic carbocycles. The van der Waals surface area contributed by atoms with Crippen LogP contribution in [0.5, 0.6) is 23.0 Å². The maximum atomic E-state index is 14.4. The van der Waals surface area contributed by atoms with Gasteiger partial charge in [0.05, 0.1) is 39.0 Å². The highest BCUT2D eigenvalue weighted by atomic mass is 32.2. The topological polar surface area (TPSA) is 124 Å². The maximum Gasteiger partial charge on any atom is 0.265 e. The Balaban J connectivity index is 1.77. The Morgan fingerprint density at radius 1 is 0.826 bits per heavy atom. The molecule has 0 heterocycles. The molecule has 0 saturated heterocycles. The Kier molecular flexibility index (Phi) is 11.8. The summed E-state index contributed by atoms with van der Waals surface area (Å²) in [5.41, 5.74) is 0.880. The minimum Gasteiger partial charge on any atom is -0.497 e. The molecule has 0 aliphatic heterocycles. The first-order valence-corrected chi connectivity index (χ1v) is 16.7. The number of methoxy groups -OCH3 is 4. The first kappa shape index (κ1) is 34.4. The fourth-order valence-electron chi connectivity index (χ4n) is 5.54. The molecule has 4 rings (SSSR count). The smallest absolute Gasteiger partial charge is 0.265 e. The summed E-state index contributed by atoms with van der Waals surface area (Å²) in [7, 11) is 1.30. The highest BCUT2D eigenvalue weighted by Crippen LogP contribution is 2.38. The van der Waals surface area contributed by atoms with Gasteiger partial charge in [0.1, 0.15) is 24.1 Å². The van der Waals surface area contributed by atoms with Crippen LogP contribution in [0.2, 0.25) is 0 Å². The summed E-state index contributed by atoms with van der Waals surface area (Å²) < 4.78 is 51.5. The lowest BCUT2D eigenvalue weighted by Crippen LogP contribution is -2.53. The zero-order valence-electron chi connectivity index (χ0n) is 27.0. The Labute approximate surface area is 271 Å². The van der Waals surface area contributed by atoms with Gasteiger partial charge >= 0.3 is 0 Å². The summed E-state index contributed by atoms with van der Waals surface area (Å²) >= 11 is 0. The standard InChI is InChI=1S/C34H43N3O8S/c1-24(34(39)35-26-14-10-7-11-15-26)36(22-25-12-8-6-9-13-25)33(38)23-37(29-20-27(42-2)16-18-30(29)43-3)46(40,41)28-17-19-31(44-4)32(21-28)45-5/h6,8-9,12-13,16-21,24,26H,7,10-11,14-15,22-23H2,1-5H3,(H,35,39)/t24-/m0/s1. The zero-order valence-corrected chi connectivity index (χ0v) is 27.8. The first-order valence-electron chi connectivity index (χ1n) is 15.2. The van der Waals surface area contributed by atoms with Crippen molar-refractivity contribution in [1.29, 1.82) is 0 Å². The number of sulfonamides is 1. The van der Waals surface area contributed by atoms with Crippen LogP contribution in [0.25, 0.3) is 0 Å². The van der Waals surface area contributed by atoms with Gasteiger partial charge in [-0.3, -0.25) is 13.9 Å². The van der Waals surface area contributed by atoms with E-state index in [4.69, 9.17) is 18.9 Å². The summed E-state index contributed by atoms with van der Waals surface area (Å²) in [6.45, 7) is 1.13. The lowest BCUT2D eigenvalue weighted by atomic mass is 9.95. The molecular formula is C34H43N3O8S. The van der Waals surface area contributed by atoms with Gasteiger partial charge in [-0.1, -0.05) is 49.6 Å². The van der Waals surface area contributed by atoms with Crippen LogP contribution in [-0.4, -0.2) is 72.2 Å². The minimum atomic E-state index is -4.43. The molecule has 1 fully saturated rings. The highest BCUT2D eigenvalue weighted by Gasteiger charge is 2.35. The number of carbonyl (C=O) groups excluding carboxylic acids is 2. The Morgan fingerprint density at radius 2 is 1.48 bits per heavy atom. The molecule has 1 aliphatic rings. The van der Waals surface area contributed by atoms with Crippen LogP contribution < -0.4 is 28.6 Å². The third-order valence-corrected chi connectivity index (χ3v) is 9.95. The second-order valence-corrected chi connectivity index (χ2v) is 13.0. The molecule has 2 amide bonds. The van der Waals surface area contributed by atoms with Crippen molar-refractivity contribution in [2.75, 3.05) is 39.3 Å². The monoisotopic (exact) mass is 653 g/mol. The number of nitrogens with zero attached hydrogens (tertiary/aromatic N) is 2. The number of anilines is 1. The van der Waals surface area contributed by atoms with Crippen molar-refractivity contribution in [2.45, 2.75) is 62.6 Å². The van der Waals surface area contributed by atoms with Gasteiger partial charge in [-0.25, -0.2) is 8.42 Å².